The van der Waals surface area contributed by atoms with Crippen LogP contribution in [0.5, 0.6) is 0 Å². The summed E-state index contributed by atoms with van der Waals surface area (Å²) in [7, 11) is 0. The van der Waals surface area contributed by atoms with E-state index in [0.717, 1.165) is 23.3 Å². The fourth-order valence-electron chi connectivity index (χ4n) is 4.42. The Morgan fingerprint density at radius 3 is 2.27 bits per heavy atom. The third-order valence-corrected chi connectivity index (χ3v) is 7.31. The summed E-state index contributed by atoms with van der Waals surface area (Å²) in [4.78, 5) is 26.3. The van der Waals surface area contributed by atoms with E-state index in [0.29, 0.717) is 49.7 Å². The number of carbonyl (C=O) groups is 1. The van der Waals surface area contributed by atoms with Crippen molar-refractivity contribution >= 4 is 23.3 Å². The van der Waals surface area contributed by atoms with Gasteiger partial charge in [0.25, 0.3) is 0 Å². The van der Waals surface area contributed by atoms with E-state index in [1.54, 1.807) is 6.07 Å². The van der Waals surface area contributed by atoms with Crippen molar-refractivity contribution in [2.24, 2.45) is 5.41 Å². The molecule has 0 aliphatic carbocycles. The molecule has 1 amide bonds. The van der Waals surface area contributed by atoms with Gasteiger partial charge in [-0.1, -0.05) is 42.5 Å². The van der Waals surface area contributed by atoms with Crippen LogP contribution < -0.4 is 4.90 Å². The zero-order chi connectivity index (χ0) is 26.8. The van der Waals surface area contributed by atoms with Crippen LogP contribution >= 0.6 is 11.6 Å². The van der Waals surface area contributed by atoms with Crippen LogP contribution in [0.4, 0.5) is 19.0 Å². The molecule has 0 bridgehead atoms. The molecule has 2 heterocycles. The van der Waals surface area contributed by atoms with Gasteiger partial charge >= 0.3 is 6.18 Å². The number of nitrogens with zero attached hydrogens (tertiary/aromatic N) is 4. The second-order valence-electron chi connectivity index (χ2n) is 9.97. The van der Waals surface area contributed by atoms with Gasteiger partial charge in [-0.15, -0.1) is 11.6 Å². The molecule has 0 atom stereocenters. The predicted octanol–water partition coefficient (Wildman–Crippen LogP) is 5.98. The molecule has 0 radical (unpaired) electrons. The SMILES string of the molecule is Cc1nc(-c2cccc(C(F)(F)F)c2)nc(N2CCN(C(=O)C(C)(C)CCl)CC2)c1Cc1ccccc1. The number of benzene rings is 2. The van der Waals surface area contributed by atoms with Crippen molar-refractivity contribution < 1.29 is 18.0 Å². The monoisotopic (exact) mass is 530 g/mol. The third kappa shape index (κ3) is 6.06. The second-order valence-corrected chi connectivity index (χ2v) is 10.2. The minimum atomic E-state index is -4.46. The van der Waals surface area contributed by atoms with Crippen molar-refractivity contribution in [2.45, 2.75) is 33.4 Å². The summed E-state index contributed by atoms with van der Waals surface area (Å²) >= 11 is 6.02. The Hall–Kier alpha value is -3.13. The smallest absolute Gasteiger partial charge is 0.353 e. The van der Waals surface area contributed by atoms with Crippen LogP contribution in [0.25, 0.3) is 11.4 Å². The lowest BCUT2D eigenvalue weighted by Crippen LogP contribution is -2.53. The second kappa shape index (κ2) is 10.7. The molecular formula is C28H30ClF3N4O. The number of amides is 1. The molecule has 0 saturated carbocycles. The quantitative estimate of drug-likeness (QED) is 0.368. The number of aryl methyl sites for hydroxylation is 1. The molecule has 0 N–H and O–H groups in total. The number of hydrogen-bond donors (Lipinski definition) is 0. The number of aromatic nitrogens is 2. The van der Waals surface area contributed by atoms with Crippen molar-refractivity contribution in [1.29, 1.82) is 0 Å². The van der Waals surface area contributed by atoms with Crippen LogP contribution in [0.2, 0.25) is 0 Å². The first-order valence-electron chi connectivity index (χ1n) is 12.2. The Labute approximate surface area is 220 Å². The van der Waals surface area contributed by atoms with Gasteiger partial charge in [0, 0.05) is 55.3 Å². The molecule has 196 valence electrons. The maximum atomic E-state index is 13.4. The molecule has 4 rings (SSSR count). The lowest BCUT2D eigenvalue weighted by Gasteiger charge is -2.39. The van der Waals surface area contributed by atoms with Gasteiger partial charge in [0.1, 0.15) is 5.82 Å². The maximum Gasteiger partial charge on any atom is 0.416 e. The molecule has 2 aromatic carbocycles. The molecule has 1 aliphatic rings. The third-order valence-electron chi connectivity index (χ3n) is 6.64. The highest BCUT2D eigenvalue weighted by atomic mass is 35.5. The molecule has 0 spiro atoms. The molecule has 9 heteroatoms. The molecule has 1 fully saturated rings. The number of piperazine rings is 1. The molecule has 5 nitrogen and oxygen atoms in total. The van der Waals surface area contributed by atoms with Gasteiger partial charge in [-0.3, -0.25) is 4.79 Å². The van der Waals surface area contributed by atoms with Crippen LogP contribution in [0.1, 0.15) is 36.2 Å². The first-order chi connectivity index (χ1) is 17.5. The first-order valence-corrected chi connectivity index (χ1v) is 12.7. The van der Waals surface area contributed by atoms with E-state index >= 15 is 0 Å². The Kier molecular flexibility index (Phi) is 7.78. The van der Waals surface area contributed by atoms with E-state index in [9.17, 15) is 18.0 Å². The van der Waals surface area contributed by atoms with Gasteiger partial charge in [-0.25, -0.2) is 9.97 Å². The summed E-state index contributed by atoms with van der Waals surface area (Å²) in [6.07, 6.45) is -3.87. The first kappa shape index (κ1) is 26.9. The highest BCUT2D eigenvalue weighted by Gasteiger charge is 2.34. The lowest BCUT2D eigenvalue weighted by atomic mass is 9.94. The molecule has 0 unspecified atom stereocenters. The van der Waals surface area contributed by atoms with E-state index < -0.39 is 17.2 Å². The largest absolute Gasteiger partial charge is 0.416 e. The summed E-state index contributed by atoms with van der Waals surface area (Å²) in [6, 6.07) is 15.0. The summed E-state index contributed by atoms with van der Waals surface area (Å²) < 4.78 is 40.1. The lowest BCUT2D eigenvalue weighted by molar-refractivity contribution is -0.139. The van der Waals surface area contributed by atoms with E-state index in [1.165, 1.54) is 6.07 Å². The van der Waals surface area contributed by atoms with Gasteiger partial charge in [0.05, 0.1) is 11.0 Å². The number of carbonyl (C=O) groups excluding carboxylic acids is 1. The van der Waals surface area contributed by atoms with Crippen LogP contribution in [0.15, 0.2) is 54.6 Å². The van der Waals surface area contributed by atoms with Crippen LogP contribution in [0.3, 0.4) is 0 Å². The molecular weight excluding hydrogens is 501 g/mol. The minimum absolute atomic E-state index is 0.00943. The summed E-state index contributed by atoms with van der Waals surface area (Å²) in [6.45, 7) is 7.64. The Morgan fingerprint density at radius 2 is 1.65 bits per heavy atom. The summed E-state index contributed by atoms with van der Waals surface area (Å²) in [5.74, 6) is 1.18. The van der Waals surface area contributed by atoms with Crippen molar-refractivity contribution in [1.82, 2.24) is 14.9 Å². The Bertz CT molecular complexity index is 1260. The topological polar surface area (TPSA) is 49.3 Å². The molecule has 3 aromatic rings. The fourth-order valence-corrected chi connectivity index (χ4v) is 4.53. The highest BCUT2D eigenvalue weighted by Crippen LogP contribution is 2.33. The van der Waals surface area contributed by atoms with E-state index in [-0.39, 0.29) is 17.6 Å². The van der Waals surface area contributed by atoms with Crippen molar-refractivity contribution in [3.63, 3.8) is 0 Å². The zero-order valence-electron chi connectivity index (χ0n) is 21.1. The maximum absolute atomic E-state index is 13.4. The van der Waals surface area contributed by atoms with E-state index in [2.05, 4.69) is 9.88 Å². The molecule has 37 heavy (non-hydrogen) atoms. The number of halogens is 4. The van der Waals surface area contributed by atoms with Crippen LogP contribution in [-0.4, -0.2) is 52.8 Å². The van der Waals surface area contributed by atoms with E-state index in [4.69, 9.17) is 16.6 Å². The van der Waals surface area contributed by atoms with Crippen LogP contribution in [-0.2, 0) is 17.4 Å². The Morgan fingerprint density at radius 1 is 0.973 bits per heavy atom. The van der Waals surface area contributed by atoms with Crippen molar-refractivity contribution in [2.75, 3.05) is 37.0 Å². The predicted molar refractivity (Wildman–Crippen MR) is 140 cm³/mol. The van der Waals surface area contributed by atoms with Gasteiger partial charge in [0.2, 0.25) is 5.91 Å². The summed E-state index contributed by atoms with van der Waals surface area (Å²) in [5.41, 5.74) is 1.63. The average Bonchev–Trinajstić information content (AvgIpc) is 2.89. The minimum Gasteiger partial charge on any atom is -0.353 e. The molecule has 1 aromatic heterocycles. The average molecular weight is 531 g/mol. The fraction of sp³-hybridized carbons (Fsp3) is 0.393. The van der Waals surface area contributed by atoms with Crippen molar-refractivity contribution in [3.05, 3.63) is 77.0 Å². The van der Waals surface area contributed by atoms with Crippen LogP contribution in [0, 0.1) is 12.3 Å². The normalized spacial score (nSPS) is 14.7. The van der Waals surface area contributed by atoms with Crippen molar-refractivity contribution in [3.8, 4) is 11.4 Å². The van der Waals surface area contributed by atoms with E-state index in [1.807, 2.05) is 56.0 Å². The van der Waals surface area contributed by atoms with Gasteiger partial charge in [-0.2, -0.15) is 13.2 Å². The number of hydrogen-bond acceptors (Lipinski definition) is 4. The zero-order valence-corrected chi connectivity index (χ0v) is 21.9. The highest BCUT2D eigenvalue weighted by molar-refractivity contribution is 6.19. The number of alkyl halides is 4. The number of anilines is 1. The summed E-state index contributed by atoms with van der Waals surface area (Å²) in [5, 5.41) is 0. The number of rotatable bonds is 6. The Balaban J connectivity index is 1.70. The van der Waals surface area contributed by atoms with Gasteiger partial charge < -0.3 is 9.80 Å². The van der Waals surface area contributed by atoms with Gasteiger partial charge in [0.15, 0.2) is 5.82 Å². The standard InChI is InChI=1S/C28H30ClF3N4O/c1-19-23(16-20-8-5-4-6-9-20)25(35-12-14-36(15-13-35)26(37)27(2,3)18-29)34-24(33-19)21-10-7-11-22(17-21)28(30,31)32/h4-11,17H,12-16,18H2,1-3H3. The van der Waals surface area contributed by atoms with Gasteiger partial charge in [-0.05, 0) is 38.5 Å². The molecule has 1 aliphatic heterocycles. The molecule has 1 saturated heterocycles.